The van der Waals surface area contributed by atoms with E-state index < -0.39 is 11.9 Å². The van der Waals surface area contributed by atoms with E-state index in [2.05, 4.69) is 15.5 Å². The second-order valence-corrected chi connectivity index (χ2v) is 8.67. The van der Waals surface area contributed by atoms with Crippen LogP contribution < -0.4 is 14.8 Å². The van der Waals surface area contributed by atoms with Crippen molar-refractivity contribution in [2.24, 2.45) is 0 Å². The second kappa shape index (κ2) is 8.70. The van der Waals surface area contributed by atoms with Crippen LogP contribution in [-0.4, -0.2) is 47.1 Å². The van der Waals surface area contributed by atoms with Gasteiger partial charge in [-0.3, -0.25) is 4.90 Å². The van der Waals surface area contributed by atoms with Gasteiger partial charge in [-0.2, -0.15) is 4.98 Å². The molecule has 6 rings (SSSR count). The van der Waals surface area contributed by atoms with E-state index >= 15 is 0 Å². The first-order valence-corrected chi connectivity index (χ1v) is 11.5. The summed E-state index contributed by atoms with van der Waals surface area (Å²) < 4.78 is 36.4. The number of benzene rings is 2. The third-order valence-corrected chi connectivity index (χ3v) is 6.48. The molecular weight excluding hydrogens is 455 g/mol. The Bertz CT molecular complexity index is 1320. The number of carbonyl (C=O) groups is 1. The van der Waals surface area contributed by atoms with Crippen molar-refractivity contribution < 1.29 is 27.9 Å². The number of hydrogen-bond acceptors (Lipinski definition) is 7. The Morgan fingerprint density at radius 1 is 1.17 bits per heavy atom. The highest BCUT2D eigenvalue weighted by Crippen LogP contribution is 2.39. The van der Waals surface area contributed by atoms with Gasteiger partial charge in [-0.05, 0) is 55.7 Å². The SMILES string of the molecule is CC1=C(c2nc(-c3ccc4c(c3)OCO4)no2)C(c2cccc(F)c2)NC(=O)N1CC1CCCO1. The highest BCUT2D eigenvalue weighted by molar-refractivity contribution is 5.87. The molecule has 4 heterocycles. The molecule has 180 valence electrons. The van der Waals surface area contributed by atoms with E-state index in [4.69, 9.17) is 18.7 Å². The first kappa shape index (κ1) is 21.6. The lowest BCUT2D eigenvalue weighted by Crippen LogP contribution is -2.48. The lowest BCUT2D eigenvalue weighted by atomic mass is 9.94. The van der Waals surface area contributed by atoms with Crippen LogP contribution in [0.25, 0.3) is 17.0 Å². The average Bonchev–Trinajstić information content (AvgIpc) is 3.63. The minimum atomic E-state index is -0.663. The zero-order valence-corrected chi connectivity index (χ0v) is 19.0. The molecule has 3 aromatic rings. The quantitative estimate of drug-likeness (QED) is 0.584. The van der Waals surface area contributed by atoms with E-state index in [1.165, 1.54) is 12.1 Å². The van der Waals surface area contributed by atoms with Gasteiger partial charge < -0.3 is 24.1 Å². The van der Waals surface area contributed by atoms with Gasteiger partial charge in [0.25, 0.3) is 5.89 Å². The molecular formula is C25H23FN4O5. The number of amides is 2. The molecule has 0 saturated carbocycles. The smallest absolute Gasteiger partial charge is 0.322 e. The lowest BCUT2D eigenvalue weighted by Gasteiger charge is -2.36. The molecule has 2 atom stereocenters. The number of halogens is 1. The molecule has 3 aliphatic rings. The lowest BCUT2D eigenvalue weighted by molar-refractivity contribution is 0.0877. The maximum absolute atomic E-state index is 14.1. The molecule has 9 nitrogen and oxygen atoms in total. The highest BCUT2D eigenvalue weighted by atomic mass is 19.1. The van der Waals surface area contributed by atoms with Gasteiger partial charge in [0.2, 0.25) is 12.6 Å². The van der Waals surface area contributed by atoms with E-state index in [0.717, 1.165) is 12.8 Å². The van der Waals surface area contributed by atoms with Crippen molar-refractivity contribution in [2.45, 2.75) is 31.9 Å². The van der Waals surface area contributed by atoms with E-state index in [1.807, 2.05) is 13.0 Å². The van der Waals surface area contributed by atoms with Crippen LogP contribution in [0.4, 0.5) is 9.18 Å². The maximum Gasteiger partial charge on any atom is 0.322 e. The van der Waals surface area contributed by atoms with Crippen molar-refractivity contribution >= 4 is 11.6 Å². The summed E-state index contributed by atoms with van der Waals surface area (Å²) in [5.74, 6) is 1.46. The third-order valence-electron chi connectivity index (χ3n) is 6.48. The van der Waals surface area contributed by atoms with Gasteiger partial charge in [-0.15, -0.1) is 0 Å². The molecule has 0 bridgehead atoms. The Morgan fingerprint density at radius 3 is 2.89 bits per heavy atom. The Kier molecular flexibility index (Phi) is 5.37. The van der Waals surface area contributed by atoms with Gasteiger partial charge >= 0.3 is 6.03 Å². The van der Waals surface area contributed by atoms with Crippen LogP contribution in [0.3, 0.4) is 0 Å². The van der Waals surface area contributed by atoms with Gasteiger partial charge in [-0.25, -0.2) is 9.18 Å². The van der Waals surface area contributed by atoms with Crippen molar-refractivity contribution in [3.05, 3.63) is 65.4 Å². The fraction of sp³-hybridized carbons (Fsp3) is 0.320. The van der Waals surface area contributed by atoms with E-state index in [1.54, 1.807) is 29.2 Å². The van der Waals surface area contributed by atoms with Crippen LogP contribution in [0, 0.1) is 5.82 Å². The monoisotopic (exact) mass is 478 g/mol. The fourth-order valence-electron chi connectivity index (χ4n) is 4.69. The van der Waals surface area contributed by atoms with Crippen LogP contribution >= 0.6 is 0 Å². The number of allylic oxidation sites excluding steroid dienone is 1. The van der Waals surface area contributed by atoms with Crippen LogP contribution in [0.5, 0.6) is 11.5 Å². The Hall–Kier alpha value is -3.92. The van der Waals surface area contributed by atoms with Crippen molar-refractivity contribution in [3.63, 3.8) is 0 Å². The van der Waals surface area contributed by atoms with E-state index in [9.17, 15) is 9.18 Å². The summed E-state index contributed by atoms with van der Waals surface area (Å²) in [7, 11) is 0. The zero-order chi connectivity index (χ0) is 23.9. The first-order chi connectivity index (χ1) is 17.1. The fourth-order valence-corrected chi connectivity index (χ4v) is 4.69. The van der Waals surface area contributed by atoms with Crippen LogP contribution in [0.2, 0.25) is 0 Å². The number of fused-ring (bicyclic) bond motifs is 1. The normalized spacial score (nSPS) is 21.5. The summed E-state index contributed by atoms with van der Waals surface area (Å²) in [4.78, 5) is 19.4. The van der Waals surface area contributed by atoms with Gasteiger partial charge in [0.05, 0.1) is 24.3 Å². The minimum Gasteiger partial charge on any atom is -0.454 e. The molecule has 0 aliphatic carbocycles. The number of nitrogens with one attached hydrogen (secondary N) is 1. The Balaban J connectivity index is 1.41. The largest absolute Gasteiger partial charge is 0.454 e. The number of nitrogens with zero attached hydrogens (tertiary/aromatic N) is 3. The van der Waals surface area contributed by atoms with Gasteiger partial charge in [-0.1, -0.05) is 17.3 Å². The number of hydrogen-bond donors (Lipinski definition) is 1. The summed E-state index contributed by atoms with van der Waals surface area (Å²) in [6.45, 7) is 3.09. The summed E-state index contributed by atoms with van der Waals surface area (Å²) >= 11 is 0. The van der Waals surface area contributed by atoms with Gasteiger partial charge in [0.1, 0.15) is 5.82 Å². The van der Waals surface area contributed by atoms with Gasteiger partial charge in [0.15, 0.2) is 11.5 Å². The predicted octanol–water partition coefficient (Wildman–Crippen LogP) is 4.28. The molecule has 1 N–H and O–H groups in total. The minimum absolute atomic E-state index is 0.0467. The van der Waals surface area contributed by atoms with Crippen LogP contribution in [0.1, 0.15) is 37.3 Å². The highest BCUT2D eigenvalue weighted by Gasteiger charge is 2.37. The molecule has 0 radical (unpaired) electrons. The maximum atomic E-state index is 14.1. The molecule has 1 saturated heterocycles. The van der Waals surface area contributed by atoms with Crippen LogP contribution in [-0.2, 0) is 4.74 Å². The molecule has 2 unspecified atom stereocenters. The molecule has 0 spiro atoms. The molecule has 1 aromatic heterocycles. The average molecular weight is 478 g/mol. The number of carbonyl (C=O) groups excluding carboxylic acids is 1. The summed E-state index contributed by atoms with van der Waals surface area (Å²) in [5, 5.41) is 7.16. The predicted molar refractivity (Wildman–Crippen MR) is 122 cm³/mol. The summed E-state index contributed by atoms with van der Waals surface area (Å²) in [6.07, 6.45) is 1.80. The van der Waals surface area contributed by atoms with Crippen molar-refractivity contribution in [3.8, 4) is 22.9 Å². The Labute approximate surface area is 200 Å². The molecule has 2 aromatic carbocycles. The summed E-state index contributed by atoms with van der Waals surface area (Å²) in [6, 6.07) is 10.6. The second-order valence-electron chi connectivity index (χ2n) is 8.67. The molecule has 3 aliphatic heterocycles. The van der Waals surface area contributed by atoms with Crippen molar-refractivity contribution in [1.29, 1.82) is 0 Å². The first-order valence-electron chi connectivity index (χ1n) is 11.5. The van der Waals surface area contributed by atoms with E-state index in [0.29, 0.717) is 52.9 Å². The number of aromatic nitrogens is 2. The molecule has 35 heavy (non-hydrogen) atoms. The topological polar surface area (TPSA) is 98.9 Å². The third kappa shape index (κ3) is 3.99. The standard InChI is InChI=1S/C25H23FN4O5/c1-14-21(24-28-23(29-35-24)16-7-8-19-20(11-16)34-13-33-19)22(15-4-2-5-17(26)10-15)27-25(31)30(14)12-18-6-3-9-32-18/h2,4-5,7-8,10-11,18,22H,3,6,9,12-13H2,1H3,(H,27,31). The number of urea groups is 1. The zero-order valence-electron chi connectivity index (χ0n) is 19.0. The molecule has 10 heteroatoms. The number of ether oxygens (including phenoxy) is 3. The van der Waals surface area contributed by atoms with Crippen LogP contribution in [0.15, 0.2) is 52.7 Å². The summed E-state index contributed by atoms with van der Waals surface area (Å²) in [5.41, 5.74) is 2.53. The van der Waals surface area contributed by atoms with Gasteiger partial charge in [0, 0.05) is 17.9 Å². The van der Waals surface area contributed by atoms with E-state index in [-0.39, 0.29) is 24.8 Å². The van der Waals surface area contributed by atoms with Crippen molar-refractivity contribution in [1.82, 2.24) is 20.4 Å². The number of rotatable bonds is 5. The van der Waals surface area contributed by atoms with Crippen molar-refractivity contribution in [2.75, 3.05) is 19.9 Å². The molecule has 1 fully saturated rings. The Morgan fingerprint density at radius 2 is 2.06 bits per heavy atom. The molecule has 2 amide bonds.